The highest BCUT2D eigenvalue weighted by Gasteiger charge is 2.23. The molecule has 0 radical (unpaired) electrons. The quantitative estimate of drug-likeness (QED) is 0.941. The zero-order valence-electron chi connectivity index (χ0n) is 12.1. The topological polar surface area (TPSA) is 46.9 Å². The Balaban J connectivity index is 2.42. The van der Waals surface area contributed by atoms with Crippen LogP contribution in [-0.2, 0) is 11.8 Å². The lowest BCUT2D eigenvalue weighted by molar-refractivity contribution is -0.124. The van der Waals surface area contributed by atoms with Crippen LogP contribution in [0.4, 0.5) is 8.78 Å². The van der Waals surface area contributed by atoms with E-state index in [4.69, 9.17) is 0 Å². The Morgan fingerprint density at radius 3 is 2.52 bits per heavy atom. The highest BCUT2D eigenvalue weighted by molar-refractivity contribution is 5.78. The molecule has 0 aliphatic heterocycles. The minimum absolute atomic E-state index is 0.187. The third kappa shape index (κ3) is 3.26. The van der Waals surface area contributed by atoms with Crippen molar-refractivity contribution in [2.24, 2.45) is 13.0 Å². The normalized spacial score (nSPS) is 12.5. The fourth-order valence-corrected chi connectivity index (χ4v) is 1.95. The highest BCUT2D eigenvalue weighted by Crippen LogP contribution is 2.22. The number of carbonyl (C=O) groups excluding carboxylic acids is 1. The fourth-order valence-electron chi connectivity index (χ4n) is 1.95. The summed E-state index contributed by atoms with van der Waals surface area (Å²) in [5.41, 5.74) is 0.442. The molecule has 1 amide bonds. The summed E-state index contributed by atoms with van der Waals surface area (Å²) in [5.74, 6) is -1.74. The van der Waals surface area contributed by atoms with Crippen LogP contribution in [0.15, 0.2) is 30.6 Å². The summed E-state index contributed by atoms with van der Waals surface area (Å²) in [4.78, 5) is 16.2. The van der Waals surface area contributed by atoms with E-state index >= 15 is 0 Å². The Labute approximate surface area is 121 Å². The fraction of sp³-hybridized carbons (Fsp3) is 0.333. The van der Waals surface area contributed by atoms with Crippen molar-refractivity contribution < 1.29 is 13.6 Å². The van der Waals surface area contributed by atoms with Crippen LogP contribution in [0.1, 0.15) is 31.3 Å². The third-order valence-electron chi connectivity index (χ3n) is 3.20. The van der Waals surface area contributed by atoms with Gasteiger partial charge in [-0.3, -0.25) is 4.79 Å². The second-order valence-electron chi connectivity index (χ2n) is 5.17. The molecule has 0 bridgehead atoms. The van der Waals surface area contributed by atoms with E-state index in [1.54, 1.807) is 37.9 Å². The molecule has 6 heteroatoms. The van der Waals surface area contributed by atoms with Crippen molar-refractivity contribution in [3.05, 3.63) is 53.6 Å². The lowest BCUT2D eigenvalue weighted by Crippen LogP contribution is -2.34. The smallest absolute Gasteiger partial charge is 0.223 e. The number of hydrogen-bond acceptors (Lipinski definition) is 2. The zero-order valence-corrected chi connectivity index (χ0v) is 12.1. The molecular formula is C15H17F2N3O. The second kappa shape index (κ2) is 6.03. The first-order valence-corrected chi connectivity index (χ1v) is 6.62. The van der Waals surface area contributed by atoms with E-state index in [2.05, 4.69) is 10.3 Å². The van der Waals surface area contributed by atoms with E-state index in [0.717, 1.165) is 12.1 Å². The molecule has 0 aliphatic rings. The van der Waals surface area contributed by atoms with Crippen LogP contribution in [0.5, 0.6) is 0 Å². The molecular weight excluding hydrogens is 276 g/mol. The van der Waals surface area contributed by atoms with Crippen molar-refractivity contribution in [3.8, 4) is 0 Å². The van der Waals surface area contributed by atoms with E-state index in [0.29, 0.717) is 11.4 Å². The molecule has 1 unspecified atom stereocenters. The van der Waals surface area contributed by atoms with Crippen molar-refractivity contribution in [3.63, 3.8) is 0 Å². The average molecular weight is 293 g/mol. The van der Waals surface area contributed by atoms with Gasteiger partial charge in [0.05, 0.1) is 0 Å². The molecule has 0 saturated heterocycles. The van der Waals surface area contributed by atoms with Gasteiger partial charge in [-0.2, -0.15) is 0 Å². The standard InChI is InChI=1S/C15H17F2N3O/c1-9(2)15(21)19-13(14-18-6-7-20(14)3)10-4-5-11(16)12(17)8-10/h4-9,13H,1-3H3,(H,19,21). The number of nitrogens with zero attached hydrogens (tertiary/aromatic N) is 2. The number of benzene rings is 1. The number of carbonyl (C=O) groups is 1. The van der Waals surface area contributed by atoms with Crippen LogP contribution >= 0.6 is 0 Å². The van der Waals surface area contributed by atoms with Crippen LogP contribution in [0.2, 0.25) is 0 Å². The number of nitrogens with one attached hydrogen (secondary N) is 1. The van der Waals surface area contributed by atoms with Gasteiger partial charge in [-0.1, -0.05) is 19.9 Å². The van der Waals surface area contributed by atoms with Crippen molar-refractivity contribution in [1.82, 2.24) is 14.9 Å². The van der Waals surface area contributed by atoms with E-state index < -0.39 is 17.7 Å². The Morgan fingerprint density at radius 1 is 1.29 bits per heavy atom. The predicted molar refractivity (Wildman–Crippen MR) is 74.4 cm³/mol. The van der Waals surface area contributed by atoms with Crippen LogP contribution in [0.25, 0.3) is 0 Å². The zero-order chi connectivity index (χ0) is 15.6. The molecule has 21 heavy (non-hydrogen) atoms. The number of amides is 1. The SMILES string of the molecule is CC(C)C(=O)NC(c1ccc(F)c(F)c1)c1nccn1C. The molecule has 1 aromatic heterocycles. The van der Waals surface area contributed by atoms with Gasteiger partial charge in [0.15, 0.2) is 11.6 Å². The maximum Gasteiger partial charge on any atom is 0.223 e. The highest BCUT2D eigenvalue weighted by atomic mass is 19.2. The molecule has 1 N–H and O–H groups in total. The largest absolute Gasteiger partial charge is 0.342 e. The number of halogens is 2. The minimum atomic E-state index is -0.953. The van der Waals surface area contributed by atoms with Crippen molar-refractivity contribution in [1.29, 1.82) is 0 Å². The molecule has 1 heterocycles. The maximum atomic E-state index is 13.5. The van der Waals surface area contributed by atoms with Gasteiger partial charge in [0.25, 0.3) is 0 Å². The number of aryl methyl sites for hydroxylation is 1. The number of imidazole rings is 1. The summed E-state index contributed by atoms with van der Waals surface area (Å²) in [6.07, 6.45) is 3.31. The molecule has 2 rings (SSSR count). The molecule has 1 atom stereocenters. The summed E-state index contributed by atoms with van der Waals surface area (Å²) in [6.45, 7) is 3.52. The Bertz CT molecular complexity index is 652. The third-order valence-corrected chi connectivity index (χ3v) is 3.20. The van der Waals surface area contributed by atoms with E-state index in [-0.39, 0.29) is 11.8 Å². The Hall–Kier alpha value is -2.24. The van der Waals surface area contributed by atoms with Crippen LogP contribution < -0.4 is 5.32 Å². The molecule has 2 aromatic rings. The van der Waals surface area contributed by atoms with Crippen molar-refractivity contribution >= 4 is 5.91 Å². The number of hydrogen-bond donors (Lipinski definition) is 1. The Kier molecular flexibility index (Phi) is 4.35. The van der Waals surface area contributed by atoms with Gasteiger partial charge in [0.2, 0.25) is 5.91 Å². The van der Waals surface area contributed by atoms with Gasteiger partial charge in [-0.05, 0) is 17.7 Å². The monoisotopic (exact) mass is 293 g/mol. The Morgan fingerprint density at radius 2 is 2.00 bits per heavy atom. The first-order chi connectivity index (χ1) is 9.90. The van der Waals surface area contributed by atoms with Crippen LogP contribution in [0, 0.1) is 17.6 Å². The summed E-state index contributed by atoms with van der Waals surface area (Å²) < 4.78 is 28.3. The molecule has 0 saturated carbocycles. The van der Waals surface area contributed by atoms with Gasteiger partial charge in [-0.15, -0.1) is 0 Å². The van der Waals surface area contributed by atoms with Crippen LogP contribution in [0.3, 0.4) is 0 Å². The maximum absolute atomic E-state index is 13.5. The summed E-state index contributed by atoms with van der Waals surface area (Å²) in [6, 6.07) is 2.94. The minimum Gasteiger partial charge on any atom is -0.342 e. The molecule has 0 aliphatic carbocycles. The van der Waals surface area contributed by atoms with Gasteiger partial charge >= 0.3 is 0 Å². The lowest BCUT2D eigenvalue weighted by atomic mass is 10.0. The van der Waals surface area contributed by atoms with Gasteiger partial charge in [0.1, 0.15) is 11.9 Å². The molecule has 4 nitrogen and oxygen atoms in total. The average Bonchev–Trinajstić information content (AvgIpc) is 2.85. The molecule has 112 valence electrons. The molecule has 0 fully saturated rings. The van der Waals surface area contributed by atoms with E-state index in [1.165, 1.54) is 6.07 Å². The van der Waals surface area contributed by atoms with Gasteiger partial charge in [0, 0.05) is 25.4 Å². The van der Waals surface area contributed by atoms with E-state index in [9.17, 15) is 13.6 Å². The van der Waals surface area contributed by atoms with Gasteiger partial charge in [-0.25, -0.2) is 13.8 Å². The summed E-state index contributed by atoms with van der Waals surface area (Å²) >= 11 is 0. The molecule has 1 aromatic carbocycles. The lowest BCUT2D eigenvalue weighted by Gasteiger charge is -2.20. The van der Waals surface area contributed by atoms with Crippen LogP contribution in [-0.4, -0.2) is 15.5 Å². The number of aromatic nitrogens is 2. The van der Waals surface area contributed by atoms with Gasteiger partial charge < -0.3 is 9.88 Å². The first kappa shape index (κ1) is 15.2. The predicted octanol–water partition coefficient (Wildman–Crippen LogP) is 2.56. The van der Waals surface area contributed by atoms with E-state index in [1.807, 2.05) is 0 Å². The summed E-state index contributed by atoms with van der Waals surface area (Å²) in [7, 11) is 1.77. The second-order valence-corrected chi connectivity index (χ2v) is 5.17. The summed E-state index contributed by atoms with van der Waals surface area (Å²) in [5, 5.41) is 2.81. The first-order valence-electron chi connectivity index (χ1n) is 6.62. The number of rotatable bonds is 4. The molecule has 0 spiro atoms. The van der Waals surface area contributed by atoms with Crippen molar-refractivity contribution in [2.75, 3.05) is 0 Å². The van der Waals surface area contributed by atoms with Crippen molar-refractivity contribution in [2.45, 2.75) is 19.9 Å².